The minimum atomic E-state index is 0.641. The number of nitrogens with one attached hydrogen (secondary N) is 1. The van der Waals surface area contributed by atoms with E-state index >= 15 is 0 Å². The third-order valence-corrected chi connectivity index (χ3v) is 5.09. The fourth-order valence-electron chi connectivity index (χ4n) is 2.33. The van der Waals surface area contributed by atoms with Crippen LogP contribution in [0, 0.1) is 11.3 Å². The van der Waals surface area contributed by atoms with Crippen LogP contribution in [0.15, 0.2) is 65.8 Å². The van der Waals surface area contributed by atoms with Gasteiger partial charge < -0.3 is 5.32 Å². The molecule has 2 aromatic carbocycles. The first kappa shape index (κ1) is 16.3. The molecule has 1 N–H and O–H groups in total. The Morgan fingerprint density at radius 3 is 2.62 bits per heavy atom. The zero-order chi connectivity index (χ0) is 16.8. The molecule has 3 aromatic rings. The Labute approximate surface area is 149 Å². The van der Waals surface area contributed by atoms with Crippen molar-refractivity contribution < 1.29 is 0 Å². The Morgan fingerprint density at radius 2 is 1.88 bits per heavy atom. The summed E-state index contributed by atoms with van der Waals surface area (Å²) in [7, 11) is 0. The summed E-state index contributed by atoms with van der Waals surface area (Å²) in [4.78, 5) is 0.867. The predicted molar refractivity (Wildman–Crippen MR) is 103 cm³/mol. The first-order valence-corrected chi connectivity index (χ1v) is 9.34. The van der Waals surface area contributed by atoms with E-state index in [0.29, 0.717) is 5.56 Å². The van der Waals surface area contributed by atoms with E-state index in [9.17, 15) is 5.26 Å². The van der Waals surface area contributed by atoms with Gasteiger partial charge in [-0.25, -0.2) is 0 Å². The molecule has 0 fully saturated rings. The summed E-state index contributed by atoms with van der Waals surface area (Å²) in [5.41, 5.74) is 3.96. The predicted octanol–water partition coefficient (Wildman–Crippen LogP) is 5.49. The lowest BCUT2D eigenvalue weighted by Gasteiger charge is -2.09. The van der Waals surface area contributed by atoms with Gasteiger partial charge in [0.05, 0.1) is 4.88 Å². The normalized spacial score (nSPS) is 10.7. The number of aromatic nitrogens is 1. The van der Waals surface area contributed by atoms with Crippen LogP contribution in [0.2, 0.25) is 0 Å². The van der Waals surface area contributed by atoms with Crippen molar-refractivity contribution >= 4 is 35.1 Å². The number of benzene rings is 2. The van der Waals surface area contributed by atoms with Crippen molar-refractivity contribution in [3.8, 4) is 17.2 Å². The van der Waals surface area contributed by atoms with Crippen molar-refractivity contribution in [2.45, 2.75) is 5.03 Å². The number of nitrogens with zero attached hydrogens (tertiary/aromatic N) is 2. The number of para-hydroxylation sites is 1. The topological polar surface area (TPSA) is 48.7 Å². The highest BCUT2D eigenvalue weighted by Gasteiger charge is 2.10. The van der Waals surface area contributed by atoms with Crippen LogP contribution in [0.1, 0.15) is 10.4 Å². The van der Waals surface area contributed by atoms with Crippen molar-refractivity contribution in [1.29, 1.82) is 5.26 Å². The molecule has 118 valence electrons. The molecule has 5 heteroatoms. The first-order valence-electron chi connectivity index (χ1n) is 7.35. The number of anilines is 1. The lowest BCUT2D eigenvalue weighted by molar-refractivity contribution is 1.25. The maximum Gasteiger partial charge on any atom is 0.128 e. The second-order valence-corrected chi connectivity index (χ2v) is 6.53. The third kappa shape index (κ3) is 3.51. The van der Waals surface area contributed by atoms with Crippen LogP contribution < -0.4 is 5.32 Å². The quantitative estimate of drug-likeness (QED) is 0.619. The van der Waals surface area contributed by atoms with Gasteiger partial charge in [0, 0.05) is 17.5 Å². The smallest absolute Gasteiger partial charge is 0.128 e. The molecule has 0 unspecified atom stereocenters. The molecule has 3 nitrogen and oxygen atoms in total. The van der Waals surface area contributed by atoms with Crippen LogP contribution in [-0.2, 0) is 0 Å². The average molecular weight is 349 g/mol. The van der Waals surface area contributed by atoms with Crippen LogP contribution >= 0.6 is 23.3 Å². The van der Waals surface area contributed by atoms with E-state index in [1.807, 2.05) is 54.9 Å². The molecule has 0 saturated carbocycles. The molecule has 0 saturated heterocycles. The van der Waals surface area contributed by atoms with Gasteiger partial charge in [0.15, 0.2) is 0 Å². The highest BCUT2D eigenvalue weighted by atomic mass is 32.2. The van der Waals surface area contributed by atoms with Gasteiger partial charge in [0.2, 0.25) is 0 Å². The Hall–Kier alpha value is -2.55. The molecular weight excluding hydrogens is 334 g/mol. The van der Waals surface area contributed by atoms with Crippen LogP contribution in [0.25, 0.3) is 17.2 Å². The van der Waals surface area contributed by atoms with E-state index < -0.39 is 0 Å². The van der Waals surface area contributed by atoms with E-state index in [1.165, 1.54) is 23.3 Å². The van der Waals surface area contributed by atoms with Gasteiger partial charge in [-0.15, -0.1) is 11.8 Å². The largest absolute Gasteiger partial charge is 0.361 e. The number of rotatable bonds is 5. The molecular formula is C19H15N3S2. The summed E-state index contributed by atoms with van der Waals surface area (Å²) in [6.45, 7) is 0. The van der Waals surface area contributed by atoms with Crippen LogP contribution in [0.3, 0.4) is 0 Å². The van der Waals surface area contributed by atoms with Gasteiger partial charge in [0.1, 0.15) is 16.7 Å². The molecule has 0 atom stereocenters. The van der Waals surface area contributed by atoms with Crippen molar-refractivity contribution in [3.63, 3.8) is 0 Å². The van der Waals surface area contributed by atoms with Crippen LogP contribution in [-0.4, -0.2) is 10.6 Å². The Balaban J connectivity index is 1.84. The second kappa shape index (κ2) is 7.82. The van der Waals surface area contributed by atoms with Gasteiger partial charge in [0.25, 0.3) is 0 Å². The fourth-order valence-corrected chi connectivity index (χ4v) is 3.80. The summed E-state index contributed by atoms with van der Waals surface area (Å²) < 4.78 is 4.30. The van der Waals surface area contributed by atoms with E-state index in [2.05, 4.69) is 34.0 Å². The van der Waals surface area contributed by atoms with Crippen molar-refractivity contribution in [2.24, 2.45) is 0 Å². The van der Waals surface area contributed by atoms with Crippen molar-refractivity contribution in [2.75, 3.05) is 11.6 Å². The number of hydrogen-bond acceptors (Lipinski definition) is 5. The zero-order valence-electron chi connectivity index (χ0n) is 13.1. The van der Waals surface area contributed by atoms with Gasteiger partial charge in [-0.1, -0.05) is 48.5 Å². The second-order valence-electron chi connectivity index (χ2n) is 4.93. The molecule has 0 aliphatic carbocycles. The molecule has 1 aromatic heterocycles. The highest BCUT2D eigenvalue weighted by molar-refractivity contribution is 7.98. The molecule has 0 spiro atoms. The maximum absolute atomic E-state index is 9.28. The molecule has 0 aliphatic rings. The Bertz CT molecular complexity index is 892. The fraction of sp³-hybridized carbons (Fsp3) is 0.0526. The van der Waals surface area contributed by atoms with Crippen LogP contribution in [0.4, 0.5) is 5.69 Å². The zero-order valence-corrected chi connectivity index (χ0v) is 14.7. The van der Waals surface area contributed by atoms with Crippen molar-refractivity contribution in [1.82, 2.24) is 4.37 Å². The van der Waals surface area contributed by atoms with E-state index in [0.717, 1.165) is 26.7 Å². The molecule has 1 heterocycles. The molecule has 3 rings (SSSR count). The molecule has 0 amide bonds. The minimum Gasteiger partial charge on any atom is -0.361 e. The lowest BCUT2D eigenvalue weighted by atomic mass is 10.0. The van der Waals surface area contributed by atoms with E-state index in [1.54, 1.807) is 0 Å². The lowest BCUT2D eigenvalue weighted by Crippen LogP contribution is -1.91. The summed E-state index contributed by atoms with van der Waals surface area (Å²) in [6, 6.07) is 20.6. The Morgan fingerprint density at radius 1 is 1.12 bits per heavy atom. The molecule has 24 heavy (non-hydrogen) atoms. The van der Waals surface area contributed by atoms with Crippen molar-refractivity contribution in [3.05, 3.63) is 71.2 Å². The van der Waals surface area contributed by atoms with Gasteiger partial charge >= 0.3 is 0 Å². The molecule has 0 bridgehead atoms. The minimum absolute atomic E-state index is 0.641. The van der Waals surface area contributed by atoms with Gasteiger partial charge in [-0.05, 0) is 35.5 Å². The SMILES string of the molecule is CSc1nsc(C=CNc2ccccc2-c2ccccc2)c1C#N. The third-order valence-electron chi connectivity index (χ3n) is 3.48. The van der Waals surface area contributed by atoms with Gasteiger partial charge in [-0.3, -0.25) is 0 Å². The first-order chi connectivity index (χ1) is 11.8. The van der Waals surface area contributed by atoms with Gasteiger partial charge in [-0.2, -0.15) is 9.64 Å². The number of hydrogen-bond donors (Lipinski definition) is 1. The summed E-state index contributed by atoms with van der Waals surface area (Å²) >= 11 is 2.83. The van der Waals surface area contributed by atoms with Crippen LogP contribution in [0.5, 0.6) is 0 Å². The number of nitriles is 1. The molecule has 0 radical (unpaired) electrons. The van der Waals surface area contributed by atoms with E-state index in [-0.39, 0.29) is 0 Å². The monoisotopic (exact) mass is 349 g/mol. The van der Waals surface area contributed by atoms with E-state index in [4.69, 9.17) is 0 Å². The number of thioether (sulfide) groups is 1. The summed E-state index contributed by atoms with van der Waals surface area (Å²) in [6.07, 6.45) is 5.69. The summed E-state index contributed by atoms with van der Waals surface area (Å²) in [5.74, 6) is 0. The molecule has 0 aliphatic heterocycles. The highest BCUT2D eigenvalue weighted by Crippen LogP contribution is 2.29. The summed E-state index contributed by atoms with van der Waals surface area (Å²) in [5, 5.41) is 13.4. The average Bonchev–Trinajstić information content (AvgIpc) is 3.05. The standard InChI is InChI=1S/C19H15N3S2/c1-23-19-16(13-20)18(24-22-19)11-12-21-17-10-6-5-9-15(17)14-7-3-2-4-8-14/h2-12,21H,1H3. The Kier molecular flexibility index (Phi) is 5.32. The maximum atomic E-state index is 9.28.